The molecule has 0 amide bonds. The molecular formula is C16H22O. The Labute approximate surface area is 104 Å². The summed E-state index contributed by atoms with van der Waals surface area (Å²) in [6, 6.07) is 8.72. The van der Waals surface area contributed by atoms with Gasteiger partial charge in [-0.05, 0) is 42.2 Å². The van der Waals surface area contributed by atoms with Crippen LogP contribution in [0.2, 0.25) is 0 Å². The van der Waals surface area contributed by atoms with E-state index in [2.05, 4.69) is 24.3 Å². The minimum absolute atomic E-state index is 0.240. The zero-order valence-corrected chi connectivity index (χ0v) is 10.4. The lowest BCUT2D eigenvalue weighted by molar-refractivity contribution is 0.118. The van der Waals surface area contributed by atoms with Crippen molar-refractivity contribution in [3.8, 4) is 0 Å². The molecule has 0 aliphatic heterocycles. The molecule has 1 unspecified atom stereocenters. The van der Waals surface area contributed by atoms with Crippen molar-refractivity contribution in [1.82, 2.24) is 0 Å². The minimum Gasteiger partial charge on any atom is -0.388 e. The molecule has 2 aliphatic rings. The van der Waals surface area contributed by atoms with E-state index in [1.54, 1.807) is 0 Å². The molecule has 0 radical (unpaired) electrons. The van der Waals surface area contributed by atoms with Crippen LogP contribution in [-0.2, 0) is 0 Å². The van der Waals surface area contributed by atoms with Gasteiger partial charge in [-0.2, -0.15) is 0 Å². The number of rotatable bonds is 4. The lowest BCUT2D eigenvalue weighted by Gasteiger charge is -2.28. The molecule has 0 spiro atoms. The van der Waals surface area contributed by atoms with Gasteiger partial charge in [-0.1, -0.05) is 49.9 Å². The van der Waals surface area contributed by atoms with Crippen molar-refractivity contribution >= 4 is 0 Å². The number of aliphatic hydroxyl groups is 1. The van der Waals surface area contributed by atoms with Crippen LogP contribution in [0.1, 0.15) is 68.1 Å². The molecule has 0 bridgehead atoms. The molecule has 1 atom stereocenters. The lowest BCUT2D eigenvalue weighted by Crippen LogP contribution is -2.15. The van der Waals surface area contributed by atoms with Crippen LogP contribution in [0, 0.1) is 5.92 Å². The van der Waals surface area contributed by atoms with E-state index >= 15 is 0 Å². The predicted molar refractivity (Wildman–Crippen MR) is 70.0 cm³/mol. The van der Waals surface area contributed by atoms with Crippen molar-refractivity contribution in [2.24, 2.45) is 5.92 Å². The predicted octanol–water partition coefficient (Wildman–Crippen LogP) is 4.18. The van der Waals surface area contributed by atoms with E-state index in [1.165, 1.54) is 44.1 Å². The molecule has 2 saturated carbocycles. The van der Waals surface area contributed by atoms with Gasteiger partial charge in [0, 0.05) is 0 Å². The maximum Gasteiger partial charge on any atom is 0.0792 e. The van der Waals surface area contributed by atoms with E-state index in [4.69, 9.17) is 0 Å². The molecule has 1 nitrogen and oxygen atoms in total. The van der Waals surface area contributed by atoms with Gasteiger partial charge in [0.25, 0.3) is 0 Å². The lowest BCUT2D eigenvalue weighted by atomic mass is 9.78. The first-order chi connectivity index (χ1) is 8.33. The Morgan fingerprint density at radius 1 is 1.00 bits per heavy atom. The Hall–Kier alpha value is -0.820. The highest BCUT2D eigenvalue weighted by atomic mass is 16.3. The number of hydrogen-bond donors (Lipinski definition) is 1. The van der Waals surface area contributed by atoms with E-state index in [9.17, 15) is 5.11 Å². The molecule has 2 aliphatic carbocycles. The Balaban J connectivity index is 1.61. The fourth-order valence-electron chi connectivity index (χ4n) is 2.91. The van der Waals surface area contributed by atoms with Gasteiger partial charge in [0.2, 0.25) is 0 Å². The van der Waals surface area contributed by atoms with Gasteiger partial charge in [-0.3, -0.25) is 0 Å². The third-order valence-corrected chi connectivity index (χ3v) is 4.68. The van der Waals surface area contributed by atoms with Crippen LogP contribution in [0.3, 0.4) is 0 Å². The third-order valence-electron chi connectivity index (χ3n) is 4.68. The molecule has 92 valence electrons. The van der Waals surface area contributed by atoms with Gasteiger partial charge in [0.15, 0.2) is 0 Å². The van der Waals surface area contributed by atoms with E-state index in [0.717, 1.165) is 23.8 Å². The number of hydrogen-bond acceptors (Lipinski definition) is 1. The molecule has 1 N–H and O–H groups in total. The fraction of sp³-hybridized carbons (Fsp3) is 0.625. The Morgan fingerprint density at radius 3 is 2.12 bits per heavy atom. The number of aliphatic hydroxyl groups excluding tert-OH is 1. The van der Waals surface area contributed by atoms with Crippen molar-refractivity contribution in [2.75, 3.05) is 0 Å². The molecule has 0 aromatic heterocycles. The summed E-state index contributed by atoms with van der Waals surface area (Å²) in [5, 5.41) is 10.2. The Kier molecular flexibility index (Phi) is 3.19. The van der Waals surface area contributed by atoms with Crippen LogP contribution in [0.4, 0.5) is 0 Å². The van der Waals surface area contributed by atoms with Gasteiger partial charge in [-0.15, -0.1) is 0 Å². The van der Waals surface area contributed by atoms with Gasteiger partial charge < -0.3 is 5.11 Å². The highest BCUT2D eigenvalue weighted by Crippen LogP contribution is 2.38. The standard InChI is InChI=1S/C16H22O/c17-16(11-12-3-1-4-12)15-9-7-14(8-10-15)13-5-2-6-13/h7-10,12-13,16-17H,1-6,11H2. The highest BCUT2D eigenvalue weighted by Gasteiger charge is 2.22. The second kappa shape index (κ2) is 4.81. The van der Waals surface area contributed by atoms with Crippen molar-refractivity contribution in [3.63, 3.8) is 0 Å². The molecule has 1 aromatic rings. The van der Waals surface area contributed by atoms with E-state index in [-0.39, 0.29) is 6.10 Å². The molecule has 0 saturated heterocycles. The van der Waals surface area contributed by atoms with E-state index < -0.39 is 0 Å². The van der Waals surface area contributed by atoms with Gasteiger partial charge in [-0.25, -0.2) is 0 Å². The molecule has 1 aromatic carbocycles. The van der Waals surface area contributed by atoms with Gasteiger partial charge in [0.05, 0.1) is 6.10 Å². The molecule has 17 heavy (non-hydrogen) atoms. The van der Waals surface area contributed by atoms with Crippen LogP contribution in [0.15, 0.2) is 24.3 Å². The second-order valence-corrected chi connectivity index (χ2v) is 5.84. The van der Waals surface area contributed by atoms with Crippen molar-refractivity contribution in [3.05, 3.63) is 35.4 Å². The van der Waals surface area contributed by atoms with Crippen LogP contribution in [0.5, 0.6) is 0 Å². The zero-order chi connectivity index (χ0) is 11.7. The molecule has 2 fully saturated rings. The first-order valence-corrected chi connectivity index (χ1v) is 7.11. The van der Waals surface area contributed by atoms with Crippen molar-refractivity contribution < 1.29 is 5.11 Å². The summed E-state index contributed by atoms with van der Waals surface area (Å²) in [5.41, 5.74) is 2.58. The largest absolute Gasteiger partial charge is 0.388 e. The summed E-state index contributed by atoms with van der Waals surface area (Å²) >= 11 is 0. The third kappa shape index (κ3) is 2.40. The smallest absolute Gasteiger partial charge is 0.0792 e. The van der Waals surface area contributed by atoms with E-state index in [1.807, 2.05) is 0 Å². The zero-order valence-electron chi connectivity index (χ0n) is 10.4. The van der Waals surface area contributed by atoms with Crippen LogP contribution in [-0.4, -0.2) is 5.11 Å². The Bertz CT molecular complexity index is 360. The Morgan fingerprint density at radius 2 is 1.65 bits per heavy atom. The quantitative estimate of drug-likeness (QED) is 0.822. The minimum atomic E-state index is -0.240. The summed E-state index contributed by atoms with van der Waals surface area (Å²) < 4.78 is 0. The summed E-state index contributed by atoms with van der Waals surface area (Å²) in [4.78, 5) is 0. The first-order valence-electron chi connectivity index (χ1n) is 7.11. The second-order valence-electron chi connectivity index (χ2n) is 5.84. The topological polar surface area (TPSA) is 20.2 Å². The van der Waals surface area contributed by atoms with Crippen LogP contribution >= 0.6 is 0 Å². The summed E-state index contributed by atoms with van der Waals surface area (Å²) in [7, 11) is 0. The molecule has 1 heteroatoms. The van der Waals surface area contributed by atoms with Crippen molar-refractivity contribution in [2.45, 2.75) is 57.0 Å². The SMILES string of the molecule is OC(CC1CCC1)c1ccc(C2CCC2)cc1. The van der Waals surface area contributed by atoms with Crippen LogP contribution in [0.25, 0.3) is 0 Å². The fourth-order valence-corrected chi connectivity index (χ4v) is 2.91. The van der Waals surface area contributed by atoms with Gasteiger partial charge in [0.1, 0.15) is 0 Å². The highest BCUT2D eigenvalue weighted by molar-refractivity contribution is 5.27. The normalized spacial score (nSPS) is 22.9. The molecule has 3 rings (SSSR count). The summed E-state index contributed by atoms with van der Waals surface area (Å²) in [5.74, 6) is 1.57. The van der Waals surface area contributed by atoms with Crippen molar-refractivity contribution in [1.29, 1.82) is 0 Å². The van der Waals surface area contributed by atoms with E-state index in [0.29, 0.717) is 0 Å². The summed E-state index contributed by atoms with van der Waals surface area (Å²) in [6.45, 7) is 0. The maximum atomic E-state index is 10.2. The monoisotopic (exact) mass is 230 g/mol. The van der Waals surface area contributed by atoms with Gasteiger partial charge >= 0.3 is 0 Å². The van der Waals surface area contributed by atoms with Crippen LogP contribution < -0.4 is 0 Å². The molecule has 0 heterocycles. The average molecular weight is 230 g/mol. The maximum absolute atomic E-state index is 10.2. The average Bonchev–Trinajstić information content (AvgIpc) is 2.22. The first kappa shape index (κ1) is 11.3. The molecular weight excluding hydrogens is 208 g/mol. The summed E-state index contributed by atoms with van der Waals surface area (Å²) in [6.07, 6.45) is 8.80. The number of benzene rings is 1.